The molecule has 122 valence electrons. The Labute approximate surface area is 130 Å². The van der Waals surface area contributed by atoms with Crippen molar-refractivity contribution in [3.8, 4) is 0 Å². The van der Waals surface area contributed by atoms with E-state index in [0.717, 1.165) is 50.5 Å². The van der Waals surface area contributed by atoms with Crippen molar-refractivity contribution in [2.45, 2.75) is 37.4 Å². The van der Waals surface area contributed by atoms with E-state index in [4.69, 9.17) is 0 Å². The number of hydrogen-bond donors (Lipinski definition) is 3. The smallest absolute Gasteiger partial charge is 0.134 e. The molecule has 1 unspecified atom stereocenters. The van der Waals surface area contributed by atoms with Gasteiger partial charge >= 0.3 is 0 Å². The van der Waals surface area contributed by atoms with E-state index in [-0.39, 0.29) is 12.7 Å². The van der Waals surface area contributed by atoms with Gasteiger partial charge in [-0.25, -0.2) is 9.97 Å². The first kappa shape index (κ1) is 15.5. The third kappa shape index (κ3) is 3.31. The Bertz CT molecular complexity index is 507. The number of β-amino-alcohol motifs (C(OH)–C–C–N with tert-alkyl or cyclic N) is 1. The molecule has 2 fully saturated rings. The second kappa shape index (κ2) is 6.36. The zero-order valence-corrected chi connectivity index (χ0v) is 12.7. The molecule has 2 saturated heterocycles. The van der Waals surface area contributed by atoms with Gasteiger partial charge in [-0.2, -0.15) is 0 Å². The number of anilines is 2. The van der Waals surface area contributed by atoms with Gasteiger partial charge in [-0.05, 0) is 25.7 Å². The molecular weight excluding hydrogens is 284 g/mol. The summed E-state index contributed by atoms with van der Waals surface area (Å²) in [6.45, 7) is 2.55. The second-order valence-corrected chi connectivity index (χ2v) is 6.36. The number of hydrogen-bond acceptors (Lipinski definition) is 7. The van der Waals surface area contributed by atoms with Gasteiger partial charge in [0, 0.05) is 25.7 Å². The van der Waals surface area contributed by atoms with Crippen molar-refractivity contribution in [2.24, 2.45) is 0 Å². The van der Waals surface area contributed by atoms with E-state index in [9.17, 15) is 15.3 Å². The summed E-state index contributed by atoms with van der Waals surface area (Å²) in [5, 5.41) is 29.2. The quantitative estimate of drug-likeness (QED) is 0.710. The average Bonchev–Trinajstić information content (AvgIpc) is 2.56. The number of aliphatic hydroxyl groups is 3. The van der Waals surface area contributed by atoms with Crippen molar-refractivity contribution in [1.82, 2.24) is 9.97 Å². The predicted octanol–water partition coefficient (Wildman–Crippen LogP) is -0.239. The van der Waals surface area contributed by atoms with Crippen LogP contribution >= 0.6 is 0 Å². The topological polar surface area (TPSA) is 93.0 Å². The largest absolute Gasteiger partial charge is 0.393 e. The van der Waals surface area contributed by atoms with Gasteiger partial charge < -0.3 is 25.1 Å². The van der Waals surface area contributed by atoms with E-state index in [2.05, 4.69) is 14.9 Å². The van der Waals surface area contributed by atoms with Crippen LogP contribution in [0.15, 0.2) is 12.4 Å². The second-order valence-electron chi connectivity index (χ2n) is 6.36. The van der Waals surface area contributed by atoms with Crippen molar-refractivity contribution in [1.29, 1.82) is 0 Å². The lowest BCUT2D eigenvalue weighted by Crippen LogP contribution is -2.50. The standard InChI is InChI=1S/C15H24N4O3/c20-10-15(22)4-1-5-19(9-15)14-8-13(16-11-17-14)18-6-2-12(21)3-7-18/h8,11-12,20-22H,1-7,9-10H2. The summed E-state index contributed by atoms with van der Waals surface area (Å²) < 4.78 is 0. The highest BCUT2D eigenvalue weighted by molar-refractivity contribution is 5.51. The summed E-state index contributed by atoms with van der Waals surface area (Å²) in [4.78, 5) is 12.8. The van der Waals surface area contributed by atoms with E-state index in [1.165, 1.54) is 0 Å². The van der Waals surface area contributed by atoms with Crippen LogP contribution in [0.25, 0.3) is 0 Å². The first-order chi connectivity index (χ1) is 10.6. The maximum atomic E-state index is 10.3. The lowest BCUT2D eigenvalue weighted by Gasteiger charge is -2.39. The fraction of sp³-hybridized carbons (Fsp3) is 0.733. The van der Waals surface area contributed by atoms with Gasteiger partial charge in [0.1, 0.15) is 23.6 Å². The molecule has 7 nitrogen and oxygen atoms in total. The van der Waals surface area contributed by atoms with Crippen LogP contribution in [-0.4, -0.2) is 69.8 Å². The summed E-state index contributed by atoms with van der Waals surface area (Å²) in [7, 11) is 0. The molecule has 3 rings (SSSR count). The molecule has 0 spiro atoms. The van der Waals surface area contributed by atoms with Crippen LogP contribution in [-0.2, 0) is 0 Å². The fourth-order valence-electron chi connectivity index (χ4n) is 3.21. The first-order valence-electron chi connectivity index (χ1n) is 7.93. The van der Waals surface area contributed by atoms with Crippen LogP contribution < -0.4 is 9.80 Å². The van der Waals surface area contributed by atoms with Gasteiger partial charge in [0.25, 0.3) is 0 Å². The molecule has 22 heavy (non-hydrogen) atoms. The molecule has 3 heterocycles. The molecule has 0 bridgehead atoms. The Morgan fingerprint density at radius 1 is 1.14 bits per heavy atom. The van der Waals surface area contributed by atoms with Gasteiger partial charge in [0.15, 0.2) is 0 Å². The minimum atomic E-state index is -1.04. The van der Waals surface area contributed by atoms with Crippen LogP contribution in [0.5, 0.6) is 0 Å². The maximum absolute atomic E-state index is 10.3. The van der Waals surface area contributed by atoms with Crippen LogP contribution in [0, 0.1) is 0 Å². The Kier molecular flexibility index (Phi) is 4.46. The molecule has 0 aromatic carbocycles. The van der Waals surface area contributed by atoms with Crippen LogP contribution in [0.3, 0.4) is 0 Å². The minimum absolute atomic E-state index is 0.209. The normalized spacial score (nSPS) is 27.2. The van der Waals surface area contributed by atoms with E-state index in [1.54, 1.807) is 6.33 Å². The predicted molar refractivity (Wildman–Crippen MR) is 83.0 cm³/mol. The third-order valence-electron chi connectivity index (χ3n) is 4.60. The molecule has 2 aliphatic heterocycles. The molecule has 0 radical (unpaired) electrons. The number of piperidine rings is 2. The SMILES string of the molecule is OCC1(O)CCCN(c2cc(N3CCC(O)CC3)ncn2)C1. The van der Waals surface area contributed by atoms with Crippen molar-refractivity contribution < 1.29 is 15.3 Å². The lowest BCUT2D eigenvalue weighted by molar-refractivity contribution is -0.0242. The monoisotopic (exact) mass is 308 g/mol. The maximum Gasteiger partial charge on any atom is 0.134 e. The Hall–Kier alpha value is -1.44. The van der Waals surface area contributed by atoms with E-state index >= 15 is 0 Å². The fourth-order valence-corrected chi connectivity index (χ4v) is 3.21. The molecule has 1 aromatic heterocycles. The molecule has 1 aromatic rings. The third-order valence-corrected chi connectivity index (χ3v) is 4.60. The van der Waals surface area contributed by atoms with Gasteiger partial charge in [-0.1, -0.05) is 0 Å². The molecule has 7 heteroatoms. The van der Waals surface area contributed by atoms with Gasteiger partial charge in [0.05, 0.1) is 19.3 Å². The highest BCUT2D eigenvalue weighted by atomic mass is 16.3. The van der Waals surface area contributed by atoms with Crippen molar-refractivity contribution in [3.05, 3.63) is 12.4 Å². The molecular formula is C15H24N4O3. The zero-order chi connectivity index (χ0) is 15.6. The number of nitrogens with zero attached hydrogens (tertiary/aromatic N) is 4. The van der Waals surface area contributed by atoms with Crippen LogP contribution in [0.2, 0.25) is 0 Å². The number of aliphatic hydroxyl groups excluding tert-OH is 2. The lowest BCUT2D eigenvalue weighted by atomic mass is 9.94. The Morgan fingerprint density at radius 2 is 1.82 bits per heavy atom. The summed E-state index contributed by atoms with van der Waals surface area (Å²) in [6.07, 6.45) is 4.29. The summed E-state index contributed by atoms with van der Waals surface area (Å²) in [6, 6.07) is 1.93. The summed E-state index contributed by atoms with van der Waals surface area (Å²) in [5.74, 6) is 1.64. The van der Waals surface area contributed by atoms with Crippen molar-refractivity contribution >= 4 is 11.6 Å². The van der Waals surface area contributed by atoms with Crippen LogP contribution in [0.1, 0.15) is 25.7 Å². The number of aromatic nitrogens is 2. The highest BCUT2D eigenvalue weighted by Gasteiger charge is 2.33. The molecule has 1 atom stereocenters. The van der Waals surface area contributed by atoms with Crippen LogP contribution in [0.4, 0.5) is 11.6 Å². The highest BCUT2D eigenvalue weighted by Crippen LogP contribution is 2.27. The molecule has 3 N–H and O–H groups in total. The average molecular weight is 308 g/mol. The van der Waals surface area contributed by atoms with Crippen molar-refractivity contribution in [2.75, 3.05) is 42.6 Å². The van der Waals surface area contributed by atoms with Gasteiger partial charge in [-0.15, -0.1) is 0 Å². The van der Waals surface area contributed by atoms with Crippen molar-refractivity contribution in [3.63, 3.8) is 0 Å². The molecule has 0 aliphatic carbocycles. The van der Waals surface area contributed by atoms with E-state index < -0.39 is 5.60 Å². The van der Waals surface area contributed by atoms with Gasteiger partial charge in [-0.3, -0.25) is 0 Å². The Morgan fingerprint density at radius 3 is 2.50 bits per heavy atom. The number of rotatable bonds is 3. The van der Waals surface area contributed by atoms with E-state index in [1.807, 2.05) is 11.0 Å². The zero-order valence-electron chi connectivity index (χ0n) is 12.7. The van der Waals surface area contributed by atoms with Gasteiger partial charge in [0.2, 0.25) is 0 Å². The summed E-state index contributed by atoms with van der Waals surface area (Å²) >= 11 is 0. The minimum Gasteiger partial charge on any atom is -0.393 e. The Balaban J connectivity index is 1.73. The van der Waals surface area contributed by atoms with E-state index in [0.29, 0.717) is 13.0 Å². The molecule has 0 saturated carbocycles. The first-order valence-corrected chi connectivity index (χ1v) is 7.93. The molecule has 2 aliphatic rings. The molecule has 0 amide bonds. The summed E-state index contributed by atoms with van der Waals surface area (Å²) in [5.41, 5.74) is -1.04.